The van der Waals surface area contributed by atoms with E-state index >= 15 is 0 Å². The van der Waals surface area contributed by atoms with Gasteiger partial charge in [0.15, 0.2) is 0 Å². The predicted molar refractivity (Wildman–Crippen MR) is 109 cm³/mol. The summed E-state index contributed by atoms with van der Waals surface area (Å²) in [4.78, 5) is 12.2. The van der Waals surface area contributed by atoms with Crippen molar-refractivity contribution in [3.63, 3.8) is 0 Å². The van der Waals surface area contributed by atoms with E-state index in [0.717, 1.165) is 5.56 Å². The fourth-order valence-electron chi connectivity index (χ4n) is 2.63. The molecule has 3 rings (SSSR count). The van der Waals surface area contributed by atoms with Crippen LogP contribution in [0.1, 0.15) is 16.7 Å². The van der Waals surface area contributed by atoms with Gasteiger partial charge in [0.05, 0.1) is 0 Å². The molecule has 0 aliphatic heterocycles. The summed E-state index contributed by atoms with van der Waals surface area (Å²) in [6, 6.07) is 24.7. The highest BCUT2D eigenvalue weighted by Gasteiger charge is 2.09. The first-order valence-corrected chi connectivity index (χ1v) is 9.06. The van der Waals surface area contributed by atoms with Crippen molar-refractivity contribution in [2.24, 2.45) is 0 Å². The molecule has 29 heavy (non-hydrogen) atoms. The quantitative estimate of drug-likeness (QED) is 0.476. The van der Waals surface area contributed by atoms with Crippen molar-refractivity contribution >= 4 is 12.0 Å². The van der Waals surface area contributed by atoms with Crippen LogP contribution >= 0.6 is 0 Å². The Balaban J connectivity index is 1.60. The minimum Gasteiger partial charge on any atom is -0.489 e. The maximum absolute atomic E-state index is 13.6. The number of nitrogens with zero attached hydrogens (tertiary/aromatic N) is 1. The summed E-state index contributed by atoms with van der Waals surface area (Å²) >= 11 is 0. The fourth-order valence-corrected chi connectivity index (χ4v) is 2.63. The monoisotopic (exact) mass is 386 g/mol. The molecule has 0 radical (unpaired) electrons. The van der Waals surface area contributed by atoms with Gasteiger partial charge in [0.25, 0.3) is 5.91 Å². The van der Waals surface area contributed by atoms with E-state index in [2.05, 4.69) is 5.32 Å². The van der Waals surface area contributed by atoms with Crippen LogP contribution in [-0.4, -0.2) is 5.91 Å². The Hall–Kier alpha value is -3.91. The molecule has 0 saturated carbocycles. The smallest absolute Gasteiger partial charge is 0.262 e. The van der Waals surface area contributed by atoms with Crippen LogP contribution in [0.2, 0.25) is 0 Å². The van der Waals surface area contributed by atoms with Gasteiger partial charge >= 0.3 is 0 Å². The zero-order valence-electron chi connectivity index (χ0n) is 15.6. The van der Waals surface area contributed by atoms with Gasteiger partial charge in [-0.1, -0.05) is 60.7 Å². The van der Waals surface area contributed by atoms with E-state index in [9.17, 15) is 14.4 Å². The van der Waals surface area contributed by atoms with Gasteiger partial charge in [-0.25, -0.2) is 4.39 Å². The Morgan fingerprint density at radius 2 is 1.69 bits per heavy atom. The van der Waals surface area contributed by atoms with Crippen molar-refractivity contribution in [2.75, 3.05) is 0 Å². The summed E-state index contributed by atoms with van der Waals surface area (Å²) in [5, 5.41) is 12.0. The van der Waals surface area contributed by atoms with E-state index in [0.29, 0.717) is 23.4 Å². The molecule has 0 saturated heterocycles. The van der Waals surface area contributed by atoms with Crippen LogP contribution in [-0.2, 0) is 17.9 Å². The lowest BCUT2D eigenvalue weighted by Gasteiger charge is -2.07. The molecule has 3 aromatic rings. The molecule has 5 heteroatoms. The van der Waals surface area contributed by atoms with Crippen molar-refractivity contribution in [3.8, 4) is 11.8 Å². The molecular formula is C24H19FN2O2. The number of halogens is 1. The number of nitriles is 1. The van der Waals surface area contributed by atoms with Gasteiger partial charge in [0, 0.05) is 12.1 Å². The summed E-state index contributed by atoms with van der Waals surface area (Å²) < 4.78 is 19.2. The number of ether oxygens (including phenoxy) is 1. The highest BCUT2D eigenvalue weighted by atomic mass is 19.1. The number of nitrogens with one attached hydrogen (secondary N) is 1. The molecule has 0 aliphatic rings. The van der Waals surface area contributed by atoms with Gasteiger partial charge in [-0.05, 0) is 35.4 Å². The lowest BCUT2D eigenvalue weighted by molar-refractivity contribution is -0.117. The summed E-state index contributed by atoms with van der Waals surface area (Å²) in [6.07, 6.45) is 1.51. The number of hydrogen-bond acceptors (Lipinski definition) is 3. The van der Waals surface area contributed by atoms with Crippen molar-refractivity contribution < 1.29 is 13.9 Å². The second kappa shape index (κ2) is 9.86. The molecule has 4 nitrogen and oxygen atoms in total. The molecule has 0 spiro atoms. The predicted octanol–water partition coefficient (Wildman–Crippen LogP) is 4.63. The molecule has 0 fully saturated rings. The first kappa shape index (κ1) is 19.8. The molecule has 0 atom stereocenters. The number of carbonyl (C=O) groups excluding carboxylic acids is 1. The Morgan fingerprint density at radius 3 is 2.38 bits per heavy atom. The second-order valence-electron chi connectivity index (χ2n) is 6.29. The first-order valence-electron chi connectivity index (χ1n) is 9.06. The van der Waals surface area contributed by atoms with Gasteiger partial charge < -0.3 is 10.1 Å². The van der Waals surface area contributed by atoms with Crippen molar-refractivity contribution in [2.45, 2.75) is 13.2 Å². The average molecular weight is 386 g/mol. The van der Waals surface area contributed by atoms with Crippen LogP contribution in [0.25, 0.3) is 6.08 Å². The summed E-state index contributed by atoms with van der Waals surface area (Å²) in [5.74, 6) is -0.180. The third kappa shape index (κ3) is 5.78. The molecule has 0 unspecified atom stereocenters. The number of amides is 1. The van der Waals surface area contributed by atoms with E-state index in [1.54, 1.807) is 42.5 Å². The van der Waals surface area contributed by atoms with Crippen LogP contribution in [0.3, 0.4) is 0 Å². The Morgan fingerprint density at radius 1 is 1.00 bits per heavy atom. The molecule has 1 N–H and O–H groups in total. The van der Waals surface area contributed by atoms with Crippen molar-refractivity contribution in [1.29, 1.82) is 5.26 Å². The molecule has 0 aromatic heterocycles. The SMILES string of the molecule is N#C/C(=C\c1ccc(OCc2ccccc2F)cc1)C(=O)NCc1ccccc1. The van der Waals surface area contributed by atoms with Crippen LogP contribution in [0.4, 0.5) is 4.39 Å². The van der Waals surface area contributed by atoms with E-state index in [1.807, 2.05) is 36.4 Å². The lowest BCUT2D eigenvalue weighted by Crippen LogP contribution is -2.23. The highest BCUT2D eigenvalue weighted by Crippen LogP contribution is 2.17. The number of rotatable bonds is 7. The molecule has 144 valence electrons. The standard InChI is InChI=1S/C24H19FN2O2/c25-23-9-5-4-8-20(23)17-29-22-12-10-18(11-13-22)14-21(15-26)24(28)27-16-19-6-2-1-3-7-19/h1-14H,16-17H2,(H,27,28)/b21-14+. The van der Waals surface area contributed by atoms with Crippen LogP contribution in [0.5, 0.6) is 5.75 Å². The van der Waals surface area contributed by atoms with Gasteiger partial charge in [0.1, 0.15) is 29.8 Å². The summed E-state index contributed by atoms with van der Waals surface area (Å²) in [7, 11) is 0. The van der Waals surface area contributed by atoms with E-state index in [-0.39, 0.29) is 18.0 Å². The van der Waals surface area contributed by atoms with E-state index < -0.39 is 5.91 Å². The molecule has 1 amide bonds. The number of benzene rings is 3. The lowest BCUT2D eigenvalue weighted by atomic mass is 10.1. The zero-order valence-corrected chi connectivity index (χ0v) is 15.6. The molecule has 3 aromatic carbocycles. The molecule has 0 aliphatic carbocycles. The minimum absolute atomic E-state index is 0.0148. The molecule has 0 heterocycles. The normalized spacial score (nSPS) is 10.8. The highest BCUT2D eigenvalue weighted by molar-refractivity contribution is 6.01. The molecular weight excluding hydrogens is 367 g/mol. The van der Waals surface area contributed by atoms with Crippen LogP contribution in [0, 0.1) is 17.1 Å². The van der Waals surface area contributed by atoms with E-state index in [1.165, 1.54) is 12.1 Å². The first-order chi connectivity index (χ1) is 14.2. The zero-order chi connectivity index (χ0) is 20.5. The van der Waals surface area contributed by atoms with Gasteiger partial charge in [-0.3, -0.25) is 4.79 Å². The maximum atomic E-state index is 13.6. The van der Waals surface area contributed by atoms with Crippen LogP contribution < -0.4 is 10.1 Å². The van der Waals surface area contributed by atoms with Crippen LogP contribution in [0.15, 0.2) is 84.4 Å². The molecule has 0 bridgehead atoms. The summed E-state index contributed by atoms with van der Waals surface area (Å²) in [5.41, 5.74) is 2.13. The van der Waals surface area contributed by atoms with Gasteiger partial charge in [-0.15, -0.1) is 0 Å². The third-order valence-corrected chi connectivity index (χ3v) is 4.20. The minimum atomic E-state index is -0.434. The van der Waals surface area contributed by atoms with E-state index in [4.69, 9.17) is 4.74 Å². The Bertz CT molecular complexity index is 1040. The summed E-state index contributed by atoms with van der Waals surface area (Å²) in [6.45, 7) is 0.467. The second-order valence-corrected chi connectivity index (χ2v) is 6.29. The Kier molecular flexibility index (Phi) is 6.75. The van der Waals surface area contributed by atoms with Gasteiger partial charge in [0.2, 0.25) is 0 Å². The van der Waals surface area contributed by atoms with Crippen molar-refractivity contribution in [1.82, 2.24) is 5.32 Å². The topological polar surface area (TPSA) is 62.1 Å². The third-order valence-electron chi connectivity index (χ3n) is 4.20. The maximum Gasteiger partial charge on any atom is 0.262 e. The van der Waals surface area contributed by atoms with Gasteiger partial charge in [-0.2, -0.15) is 5.26 Å². The number of hydrogen-bond donors (Lipinski definition) is 1. The Labute approximate surface area is 168 Å². The number of carbonyl (C=O) groups is 1. The van der Waals surface area contributed by atoms with Crippen molar-refractivity contribution in [3.05, 3.63) is 107 Å². The average Bonchev–Trinajstić information content (AvgIpc) is 2.77. The fraction of sp³-hybridized carbons (Fsp3) is 0.0833. The largest absolute Gasteiger partial charge is 0.489 e.